The molecule has 6 nitrogen and oxygen atoms in total. The summed E-state index contributed by atoms with van der Waals surface area (Å²) in [5, 5.41) is 0. The van der Waals surface area contributed by atoms with Crippen LogP contribution in [0.15, 0.2) is 30.3 Å². The monoisotopic (exact) mass is 344 g/mol. The molecule has 25 heavy (non-hydrogen) atoms. The van der Waals surface area contributed by atoms with Gasteiger partial charge in [-0.05, 0) is 19.7 Å². The number of carbonyl (C=O) groups excluding carboxylic acids is 2. The van der Waals surface area contributed by atoms with Crippen molar-refractivity contribution in [3.63, 3.8) is 0 Å². The number of rotatable bonds is 3. The normalized spacial score (nSPS) is 20.1. The fourth-order valence-electron chi connectivity index (χ4n) is 3.46. The van der Waals surface area contributed by atoms with E-state index < -0.39 is 5.92 Å². The van der Waals surface area contributed by atoms with Gasteiger partial charge in [0.2, 0.25) is 11.8 Å². The van der Waals surface area contributed by atoms with Crippen LogP contribution in [-0.2, 0) is 9.59 Å². The molecule has 0 spiro atoms. The lowest BCUT2D eigenvalue weighted by Gasteiger charge is -2.37. The first-order chi connectivity index (χ1) is 12.1. The Balaban J connectivity index is 1.80. The number of hydrogen-bond acceptors (Lipinski definition) is 4. The van der Waals surface area contributed by atoms with E-state index in [1.165, 1.54) is 0 Å². The van der Waals surface area contributed by atoms with Gasteiger partial charge in [-0.3, -0.25) is 9.59 Å². The molecule has 2 amide bonds. The van der Waals surface area contributed by atoms with Crippen LogP contribution in [0, 0.1) is 0 Å². The molecule has 3 rings (SSSR count). The van der Waals surface area contributed by atoms with Crippen LogP contribution < -0.4 is 0 Å². The quantitative estimate of drug-likeness (QED) is 0.741. The summed E-state index contributed by atoms with van der Waals surface area (Å²) in [6, 6.07) is 9.51. The molecule has 0 unspecified atom stereocenters. The zero-order valence-electron chi connectivity index (χ0n) is 15.2. The maximum atomic E-state index is 13.2. The van der Waals surface area contributed by atoms with Crippen molar-refractivity contribution in [1.82, 2.24) is 19.6 Å². The first-order valence-electron chi connectivity index (χ1n) is 9.06. The molecule has 0 atom stereocenters. The van der Waals surface area contributed by atoms with E-state index in [1.807, 2.05) is 40.1 Å². The smallest absolute Gasteiger partial charge is 0.239 e. The van der Waals surface area contributed by atoms with E-state index in [9.17, 15) is 9.59 Å². The van der Waals surface area contributed by atoms with Gasteiger partial charge in [-0.1, -0.05) is 30.3 Å². The lowest BCUT2D eigenvalue weighted by Crippen LogP contribution is -2.53. The Bertz CT molecular complexity index is 557. The molecule has 0 radical (unpaired) electrons. The van der Waals surface area contributed by atoms with Gasteiger partial charge in [0.05, 0.1) is 0 Å². The second-order valence-corrected chi connectivity index (χ2v) is 7.10. The van der Waals surface area contributed by atoms with Gasteiger partial charge in [-0.15, -0.1) is 0 Å². The average Bonchev–Trinajstić information content (AvgIpc) is 2.64. The number of hydrogen-bond donors (Lipinski definition) is 0. The zero-order chi connectivity index (χ0) is 17.8. The Morgan fingerprint density at radius 2 is 1.12 bits per heavy atom. The van der Waals surface area contributed by atoms with E-state index in [0.29, 0.717) is 26.2 Å². The van der Waals surface area contributed by atoms with Crippen molar-refractivity contribution in [2.24, 2.45) is 0 Å². The minimum absolute atomic E-state index is 0.0526. The summed E-state index contributed by atoms with van der Waals surface area (Å²) in [6.07, 6.45) is 0. The van der Waals surface area contributed by atoms with E-state index in [0.717, 1.165) is 31.7 Å². The highest BCUT2D eigenvalue weighted by Crippen LogP contribution is 2.23. The highest BCUT2D eigenvalue weighted by atomic mass is 16.2. The topological polar surface area (TPSA) is 47.1 Å². The molecule has 0 bridgehead atoms. The van der Waals surface area contributed by atoms with Crippen LogP contribution in [0.5, 0.6) is 0 Å². The molecule has 0 aromatic heterocycles. The Morgan fingerprint density at radius 1 is 0.720 bits per heavy atom. The SMILES string of the molecule is CN1CCN(C(=O)C(C(=O)N2CCN(C)CC2)c2ccccc2)CC1. The van der Waals surface area contributed by atoms with Crippen molar-refractivity contribution in [2.75, 3.05) is 66.5 Å². The fourth-order valence-corrected chi connectivity index (χ4v) is 3.46. The van der Waals surface area contributed by atoms with E-state index in [1.54, 1.807) is 0 Å². The van der Waals surface area contributed by atoms with Crippen LogP contribution in [0.25, 0.3) is 0 Å². The van der Waals surface area contributed by atoms with Gasteiger partial charge >= 0.3 is 0 Å². The largest absolute Gasteiger partial charge is 0.339 e. The van der Waals surface area contributed by atoms with Crippen molar-refractivity contribution in [1.29, 1.82) is 0 Å². The second kappa shape index (κ2) is 7.97. The van der Waals surface area contributed by atoms with Gasteiger partial charge in [0, 0.05) is 52.4 Å². The van der Waals surface area contributed by atoms with Crippen molar-refractivity contribution in [2.45, 2.75) is 5.92 Å². The van der Waals surface area contributed by atoms with Gasteiger partial charge in [0.1, 0.15) is 5.92 Å². The number of carbonyl (C=O) groups is 2. The molecular weight excluding hydrogens is 316 g/mol. The number of piperazine rings is 2. The van der Waals surface area contributed by atoms with E-state index in [2.05, 4.69) is 23.9 Å². The summed E-state index contributed by atoms with van der Waals surface area (Å²) in [5.74, 6) is -0.820. The Kier molecular flexibility index (Phi) is 5.71. The Labute approximate surface area is 150 Å². The molecule has 0 N–H and O–H groups in total. The second-order valence-electron chi connectivity index (χ2n) is 7.10. The minimum atomic E-state index is -0.715. The molecular formula is C19H28N4O2. The summed E-state index contributed by atoms with van der Waals surface area (Å²) in [7, 11) is 4.12. The Morgan fingerprint density at radius 3 is 1.52 bits per heavy atom. The molecule has 2 fully saturated rings. The third-order valence-corrected chi connectivity index (χ3v) is 5.26. The predicted molar refractivity (Wildman–Crippen MR) is 97.3 cm³/mol. The standard InChI is InChI=1S/C19H28N4O2/c1-20-8-12-22(13-9-20)18(24)17(16-6-4-3-5-7-16)19(25)23-14-10-21(2)11-15-23/h3-7,17H,8-15H2,1-2H3. The van der Waals surface area contributed by atoms with Crippen LogP contribution in [-0.4, -0.2) is 97.9 Å². The third kappa shape index (κ3) is 4.19. The molecule has 2 saturated heterocycles. The molecule has 136 valence electrons. The number of amides is 2. The van der Waals surface area contributed by atoms with Crippen molar-refractivity contribution in [3.8, 4) is 0 Å². The highest BCUT2D eigenvalue weighted by Gasteiger charge is 2.36. The summed E-state index contributed by atoms with van der Waals surface area (Å²) in [4.78, 5) is 34.5. The van der Waals surface area contributed by atoms with E-state index in [-0.39, 0.29) is 11.8 Å². The Hall–Kier alpha value is -1.92. The maximum Gasteiger partial charge on any atom is 0.239 e. The third-order valence-electron chi connectivity index (χ3n) is 5.26. The zero-order valence-corrected chi connectivity index (χ0v) is 15.2. The number of nitrogens with zero attached hydrogens (tertiary/aromatic N) is 4. The van der Waals surface area contributed by atoms with Crippen LogP contribution in [0.3, 0.4) is 0 Å². The van der Waals surface area contributed by atoms with Crippen LogP contribution in [0.1, 0.15) is 11.5 Å². The lowest BCUT2D eigenvalue weighted by atomic mass is 9.95. The highest BCUT2D eigenvalue weighted by molar-refractivity contribution is 6.05. The fraction of sp³-hybridized carbons (Fsp3) is 0.579. The summed E-state index contributed by atoms with van der Waals surface area (Å²) >= 11 is 0. The first kappa shape index (κ1) is 17.9. The molecule has 1 aromatic rings. The first-order valence-corrected chi connectivity index (χ1v) is 9.06. The maximum absolute atomic E-state index is 13.2. The lowest BCUT2D eigenvalue weighted by molar-refractivity contribution is -0.145. The van der Waals surface area contributed by atoms with Crippen molar-refractivity contribution >= 4 is 11.8 Å². The van der Waals surface area contributed by atoms with Crippen LogP contribution in [0.2, 0.25) is 0 Å². The van der Waals surface area contributed by atoms with E-state index in [4.69, 9.17) is 0 Å². The summed E-state index contributed by atoms with van der Waals surface area (Å²) in [6.45, 7) is 6.19. The molecule has 0 saturated carbocycles. The number of benzene rings is 1. The summed E-state index contributed by atoms with van der Waals surface area (Å²) in [5.41, 5.74) is 0.801. The van der Waals surface area contributed by atoms with Gasteiger partial charge in [-0.2, -0.15) is 0 Å². The van der Waals surface area contributed by atoms with E-state index >= 15 is 0 Å². The molecule has 2 aliphatic heterocycles. The number of likely N-dealkylation sites (N-methyl/N-ethyl adjacent to an activating group) is 2. The van der Waals surface area contributed by atoms with Gasteiger partial charge in [-0.25, -0.2) is 0 Å². The molecule has 1 aromatic carbocycles. The molecule has 2 aliphatic rings. The van der Waals surface area contributed by atoms with Gasteiger partial charge in [0.25, 0.3) is 0 Å². The van der Waals surface area contributed by atoms with Gasteiger partial charge < -0.3 is 19.6 Å². The summed E-state index contributed by atoms with van der Waals surface area (Å²) < 4.78 is 0. The molecule has 6 heteroatoms. The van der Waals surface area contributed by atoms with Gasteiger partial charge in [0.15, 0.2) is 0 Å². The van der Waals surface area contributed by atoms with Crippen LogP contribution in [0.4, 0.5) is 0 Å². The van der Waals surface area contributed by atoms with Crippen molar-refractivity contribution < 1.29 is 9.59 Å². The van der Waals surface area contributed by atoms with Crippen LogP contribution >= 0.6 is 0 Å². The minimum Gasteiger partial charge on any atom is -0.339 e. The van der Waals surface area contributed by atoms with Crippen molar-refractivity contribution in [3.05, 3.63) is 35.9 Å². The molecule has 2 heterocycles. The molecule has 0 aliphatic carbocycles. The predicted octanol–water partition coefficient (Wildman–Crippen LogP) is 0.318. The average molecular weight is 344 g/mol.